The van der Waals surface area contributed by atoms with Crippen molar-refractivity contribution >= 4 is 11.5 Å². The topological polar surface area (TPSA) is 43.1 Å². The second kappa shape index (κ2) is 3.74. The quantitative estimate of drug-likeness (QED) is 0.587. The Labute approximate surface area is 80.7 Å². The largest absolute Gasteiger partial charge is 0.398 e. The zero-order chi connectivity index (χ0) is 10.9. The molecule has 0 heterocycles. The second-order valence-electron chi connectivity index (χ2n) is 3.12. The number of nitrogens with two attached hydrogens (primary N) is 1. The summed E-state index contributed by atoms with van der Waals surface area (Å²) in [5, 5.41) is 0. The van der Waals surface area contributed by atoms with Gasteiger partial charge in [-0.15, -0.1) is 0 Å². The highest BCUT2D eigenvalue weighted by atomic mass is 19.3. The highest BCUT2D eigenvalue weighted by Crippen LogP contribution is 2.30. The second-order valence-corrected chi connectivity index (χ2v) is 3.12. The van der Waals surface area contributed by atoms with Gasteiger partial charge in [0.05, 0.1) is 0 Å². The first-order chi connectivity index (χ1) is 6.45. The summed E-state index contributed by atoms with van der Waals surface area (Å²) in [4.78, 5) is 11.1. The Morgan fingerprint density at radius 1 is 1.43 bits per heavy atom. The highest BCUT2D eigenvalue weighted by molar-refractivity contribution is 6.01. The van der Waals surface area contributed by atoms with Crippen LogP contribution in [-0.4, -0.2) is 5.78 Å². The summed E-state index contributed by atoms with van der Waals surface area (Å²) < 4.78 is 25.2. The molecule has 0 radical (unpaired) electrons. The number of nitrogen functional groups attached to an aromatic ring is 1. The number of hydrogen-bond donors (Lipinski definition) is 1. The lowest BCUT2D eigenvalue weighted by atomic mass is 9.98. The maximum atomic E-state index is 12.6. The van der Waals surface area contributed by atoms with Gasteiger partial charge in [-0.05, 0) is 25.5 Å². The predicted molar refractivity (Wildman–Crippen MR) is 50.6 cm³/mol. The van der Waals surface area contributed by atoms with Gasteiger partial charge in [-0.25, -0.2) is 8.78 Å². The predicted octanol–water partition coefficient (Wildman–Crippen LogP) is 2.72. The van der Waals surface area contributed by atoms with Gasteiger partial charge in [-0.3, -0.25) is 4.79 Å². The van der Waals surface area contributed by atoms with Crippen molar-refractivity contribution in [3.63, 3.8) is 0 Å². The van der Waals surface area contributed by atoms with Crippen molar-refractivity contribution in [1.82, 2.24) is 0 Å². The molecule has 4 heteroatoms. The van der Waals surface area contributed by atoms with Gasteiger partial charge < -0.3 is 5.73 Å². The van der Waals surface area contributed by atoms with Crippen LogP contribution in [0, 0.1) is 6.92 Å². The monoisotopic (exact) mass is 199 g/mol. The third-order valence-corrected chi connectivity index (χ3v) is 2.07. The molecule has 0 atom stereocenters. The number of aryl methyl sites for hydroxylation is 1. The van der Waals surface area contributed by atoms with Crippen LogP contribution < -0.4 is 5.73 Å². The Kier molecular flexibility index (Phi) is 2.84. The first kappa shape index (κ1) is 10.6. The van der Waals surface area contributed by atoms with E-state index in [1.165, 1.54) is 26.0 Å². The zero-order valence-corrected chi connectivity index (χ0v) is 7.97. The molecule has 1 rings (SSSR count). The van der Waals surface area contributed by atoms with E-state index in [4.69, 9.17) is 5.73 Å². The van der Waals surface area contributed by atoms with E-state index in [-0.39, 0.29) is 16.8 Å². The minimum absolute atomic E-state index is 0.0556. The summed E-state index contributed by atoms with van der Waals surface area (Å²) in [7, 11) is 0. The maximum Gasteiger partial charge on any atom is 0.264 e. The molecule has 0 saturated heterocycles. The van der Waals surface area contributed by atoms with Crippen molar-refractivity contribution in [3.8, 4) is 0 Å². The fourth-order valence-electron chi connectivity index (χ4n) is 1.41. The molecule has 0 aromatic heterocycles. The summed E-state index contributed by atoms with van der Waals surface area (Å²) in [6.07, 6.45) is -2.67. The molecule has 2 nitrogen and oxygen atoms in total. The molecule has 0 fully saturated rings. The molecule has 0 aliphatic heterocycles. The van der Waals surface area contributed by atoms with Crippen LogP contribution in [0.1, 0.15) is 34.8 Å². The molecule has 0 saturated carbocycles. The van der Waals surface area contributed by atoms with Crippen LogP contribution in [0.3, 0.4) is 0 Å². The van der Waals surface area contributed by atoms with Gasteiger partial charge >= 0.3 is 0 Å². The minimum Gasteiger partial charge on any atom is -0.398 e. The average Bonchev–Trinajstić information content (AvgIpc) is 2.07. The number of halogens is 2. The van der Waals surface area contributed by atoms with Gasteiger partial charge in [-0.1, -0.05) is 6.07 Å². The smallest absolute Gasteiger partial charge is 0.264 e. The molecule has 0 bridgehead atoms. The first-order valence-corrected chi connectivity index (χ1v) is 4.13. The Morgan fingerprint density at radius 2 is 2.00 bits per heavy atom. The van der Waals surface area contributed by atoms with E-state index >= 15 is 0 Å². The molecular formula is C10H11F2NO. The Balaban J connectivity index is 3.50. The first-order valence-electron chi connectivity index (χ1n) is 4.13. The summed E-state index contributed by atoms with van der Waals surface area (Å²) in [5.41, 5.74) is 5.66. The fraction of sp³-hybridized carbons (Fsp3) is 0.300. The van der Waals surface area contributed by atoms with Gasteiger partial charge in [0, 0.05) is 16.8 Å². The maximum absolute atomic E-state index is 12.6. The van der Waals surface area contributed by atoms with E-state index in [1.54, 1.807) is 0 Å². The number of hydrogen-bond acceptors (Lipinski definition) is 2. The van der Waals surface area contributed by atoms with E-state index in [0.29, 0.717) is 5.56 Å². The van der Waals surface area contributed by atoms with Crippen molar-refractivity contribution in [2.75, 3.05) is 5.73 Å². The van der Waals surface area contributed by atoms with Gasteiger partial charge in [0.25, 0.3) is 6.43 Å². The number of alkyl halides is 2. The van der Waals surface area contributed by atoms with Crippen LogP contribution in [0.25, 0.3) is 0 Å². The fourth-order valence-corrected chi connectivity index (χ4v) is 1.41. The van der Waals surface area contributed by atoms with Crippen LogP contribution in [0.15, 0.2) is 12.1 Å². The molecule has 1 aromatic carbocycles. The number of ketones is 1. The lowest BCUT2D eigenvalue weighted by Crippen LogP contribution is -2.07. The number of rotatable bonds is 2. The molecule has 0 unspecified atom stereocenters. The van der Waals surface area contributed by atoms with Crippen LogP contribution in [-0.2, 0) is 0 Å². The number of benzene rings is 1. The van der Waals surface area contributed by atoms with Crippen LogP contribution >= 0.6 is 0 Å². The van der Waals surface area contributed by atoms with Gasteiger partial charge in [0.1, 0.15) is 0 Å². The standard InChI is InChI=1S/C10H11F2NO/c1-5-3-4-7(13)9(6(2)14)8(5)10(11)12/h3-4,10H,13H2,1-2H3. The third-order valence-electron chi connectivity index (χ3n) is 2.07. The van der Waals surface area contributed by atoms with E-state index in [1.807, 2.05) is 0 Å². The molecule has 0 spiro atoms. The molecule has 2 N–H and O–H groups in total. The Hall–Kier alpha value is -1.45. The van der Waals surface area contributed by atoms with Crippen LogP contribution in [0.4, 0.5) is 14.5 Å². The summed E-state index contributed by atoms with van der Waals surface area (Å²) in [6.45, 7) is 2.77. The van der Waals surface area contributed by atoms with E-state index in [2.05, 4.69) is 0 Å². The van der Waals surface area contributed by atoms with Gasteiger partial charge in [-0.2, -0.15) is 0 Å². The van der Waals surface area contributed by atoms with Crippen molar-refractivity contribution in [1.29, 1.82) is 0 Å². The lowest BCUT2D eigenvalue weighted by molar-refractivity contribution is 0.0999. The average molecular weight is 199 g/mol. The number of carbonyl (C=O) groups is 1. The molecule has 1 aromatic rings. The minimum atomic E-state index is -2.67. The van der Waals surface area contributed by atoms with Gasteiger partial charge in [0.2, 0.25) is 0 Å². The third kappa shape index (κ3) is 1.73. The summed E-state index contributed by atoms with van der Waals surface area (Å²) in [6, 6.07) is 2.96. The van der Waals surface area contributed by atoms with Crippen molar-refractivity contribution in [2.45, 2.75) is 20.3 Å². The Bertz CT molecular complexity index is 375. The molecular weight excluding hydrogens is 188 g/mol. The van der Waals surface area contributed by atoms with Crippen molar-refractivity contribution < 1.29 is 13.6 Å². The number of Topliss-reactive ketones (excluding diaryl/α,β-unsaturated/α-hetero) is 1. The zero-order valence-electron chi connectivity index (χ0n) is 7.97. The van der Waals surface area contributed by atoms with E-state index in [9.17, 15) is 13.6 Å². The van der Waals surface area contributed by atoms with Crippen molar-refractivity contribution in [3.05, 3.63) is 28.8 Å². The molecule has 0 amide bonds. The number of carbonyl (C=O) groups excluding carboxylic acids is 1. The van der Waals surface area contributed by atoms with Crippen molar-refractivity contribution in [2.24, 2.45) is 0 Å². The molecule has 76 valence electrons. The van der Waals surface area contributed by atoms with Crippen LogP contribution in [0.5, 0.6) is 0 Å². The Morgan fingerprint density at radius 3 is 2.36 bits per heavy atom. The highest BCUT2D eigenvalue weighted by Gasteiger charge is 2.20. The molecule has 14 heavy (non-hydrogen) atoms. The molecule has 0 aliphatic carbocycles. The number of anilines is 1. The van der Waals surface area contributed by atoms with Crippen LogP contribution in [0.2, 0.25) is 0 Å². The summed E-state index contributed by atoms with van der Waals surface area (Å²) >= 11 is 0. The molecule has 0 aliphatic rings. The SMILES string of the molecule is CC(=O)c1c(N)ccc(C)c1C(F)F. The van der Waals surface area contributed by atoms with Gasteiger partial charge in [0.15, 0.2) is 5.78 Å². The van der Waals surface area contributed by atoms with E-state index < -0.39 is 12.2 Å². The van der Waals surface area contributed by atoms with E-state index in [0.717, 1.165) is 0 Å². The lowest BCUT2D eigenvalue weighted by Gasteiger charge is -2.11. The normalized spacial score (nSPS) is 10.6. The summed E-state index contributed by atoms with van der Waals surface area (Å²) in [5.74, 6) is -0.429.